The van der Waals surface area contributed by atoms with Gasteiger partial charge in [-0.3, -0.25) is 9.88 Å². The fourth-order valence-electron chi connectivity index (χ4n) is 2.71. The molecule has 2 heterocycles. The summed E-state index contributed by atoms with van der Waals surface area (Å²) in [5, 5.41) is 0. The molecule has 1 aliphatic rings. The van der Waals surface area contributed by atoms with E-state index in [1.165, 1.54) is 12.0 Å². The first-order chi connectivity index (χ1) is 9.85. The highest BCUT2D eigenvalue weighted by atomic mass is 15.3. The van der Waals surface area contributed by atoms with E-state index in [9.17, 15) is 0 Å². The maximum Gasteiger partial charge on any atom is 0.158 e. The number of hydrazine groups is 1. The van der Waals surface area contributed by atoms with Crippen molar-refractivity contribution in [3.63, 3.8) is 0 Å². The number of nitrogen functional groups attached to an aromatic ring is 1. The van der Waals surface area contributed by atoms with Gasteiger partial charge in [0.2, 0.25) is 0 Å². The third-order valence-electron chi connectivity index (χ3n) is 3.78. The minimum Gasteiger partial charge on any atom is -0.307 e. The van der Waals surface area contributed by atoms with Crippen molar-refractivity contribution >= 4 is 5.82 Å². The van der Waals surface area contributed by atoms with Crippen molar-refractivity contribution in [1.29, 1.82) is 0 Å². The second-order valence-electron chi connectivity index (χ2n) is 5.17. The van der Waals surface area contributed by atoms with Gasteiger partial charge in [-0.15, -0.1) is 0 Å². The smallest absolute Gasteiger partial charge is 0.158 e. The summed E-state index contributed by atoms with van der Waals surface area (Å²) in [5.41, 5.74) is 4.91. The third kappa shape index (κ3) is 2.95. The maximum atomic E-state index is 5.28. The Morgan fingerprint density at radius 2 is 2.05 bits per heavy atom. The first kappa shape index (κ1) is 13.0. The Bertz CT molecular complexity index is 540. The predicted octanol–water partition coefficient (Wildman–Crippen LogP) is 1.75. The Balaban J connectivity index is 1.60. The summed E-state index contributed by atoms with van der Waals surface area (Å²) in [4.78, 5) is 11.0. The van der Waals surface area contributed by atoms with E-state index in [1.54, 1.807) is 12.4 Å². The summed E-state index contributed by atoms with van der Waals surface area (Å²) in [6, 6.07) is 10.7. The number of aromatic nitrogens is 2. The quantitative estimate of drug-likeness (QED) is 0.654. The lowest BCUT2D eigenvalue weighted by Crippen LogP contribution is -2.20. The van der Waals surface area contributed by atoms with Crippen LogP contribution in [0.2, 0.25) is 0 Å². The minimum absolute atomic E-state index is 0.595. The van der Waals surface area contributed by atoms with Crippen LogP contribution in [0.5, 0.6) is 0 Å². The van der Waals surface area contributed by atoms with Gasteiger partial charge in [0.15, 0.2) is 5.82 Å². The molecule has 0 spiro atoms. The Morgan fingerprint density at radius 3 is 2.75 bits per heavy atom. The molecule has 1 atom stereocenters. The van der Waals surface area contributed by atoms with Crippen LogP contribution >= 0.6 is 0 Å². The molecule has 0 amide bonds. The normalized spacial score (nSPS) is 19.1. The van der Waals surface area contributed by atoms with Crippen LogP contribution in [0.3, 0.4) is 0 Å². The molecule has 3 rings (SSSR count). The Hall–Kier alpha value is -1.98. The van der Waals surface area contributed by atoms with E-state index in [4.69, 9.17) is 5.84 Å². The molecule has 104 valence electrons. The number of nitrogens with two attached hydrogens (primary N) is 1. The van der Waals surface area contributed by atoms with Gasteiger partial charge in [-0.25, -0.2) is 10.8 Å². The van der Waals surface area contributed by atoms with E-state index in [-0.39, 0.29) is 0 Å². The molecule has 0 aliphatic carbocycles. The molecule has 1 unspecified atom stereocenters. The van der Waals surface area contributed by atoms with E-state index in [0.29, 0.717) is 11.7 Å². The number of nitrogens with zero attached hydrogens (tertiary/aromatic N) is 3. The molecule has 5 nitrogen and oxygen atoms in total. The van der Waals surface area contributed by atoms with Crippen molar-refractivity contribution in [2.45, 2.75) is 18.9 Å². The van der Waals surface area contributed by atoms with Crippen molar-refractivity contribution in [3.8, 4) is 0 Å². The van der Waals surface area contributed by atoms with Gasteiger partial charge < -0.3 is 5.43 Å². The SMILES string of the molecule is NNc1cnc(CN2CCC(c3ccccc3)C2)cn1. The second kappa shape index (κ2) is 5.98. The van der Waals surface area contributed by atoms with Gasteiger partial charge in [0.25, 0.3) is 0 Å². The summed E-state index contributed by atoms with van der Waals surface area (Å²) in [6.45, 7) is 3.04. The highest BCUT2D eigenvalue weighted by Gasteiger charge is 2.23. The lowest BCUT2D eigenvalue weighted by molar-refractivity contribution is 0.322. The van der Waals surface area contributed by atoms with Crippen molar-refractivity contribution in [1.82, 2.24) is 14.9 Å². The van der Waals surface area contributed by atoms with Crippen molar-refractivity contribution in [3.05, 3.63) is 54.0 Å². The number of rotatable bonds is 4. The molecule has 3 N–H and O–H groups in total. The van der Waals surface area contributed by atoms with Crippen molar-refractivity contribution in [2.24, 2.45) is 5.84 Å². The van der Waals surface area contributed by atoms with Gasteiger partial charge in [-0.05, 0) is 24.4 Å². The number of benzene rings is 1. The fraction of sp³-hybridized carbons (Fsp3) is 0.333. The zero-order chi connectivity index (χ0) is 13.8. The molecular weight excluding hydrogens is 250 g/mol. The summed E-state index contributed by atoms with van der Waals surface area (Å²) < 4.78 is 0. The molecule has 0 bridgehead atoms. The number of likely N-dealkylation sites (tertiary alicyclic amines) is 1. The summed E-state index contributed by atoms with van der Waals surface area (Å²) in [7, 11) is 0. The molecular formula is C15H19N5. The minimum atomic E-state index is 0.595. The molecule has 0 radical (unpaired) electrons. The van der Waals surface area contributed by atoms with E-state index < -0.39 is 0 Å². The van der Waals surface area contributed by atoms with Crippen LogP contribution in [0.1, 0.15) is 23.6 Å². The lowest BCUT2D eigenvalue weighted by Gasteiger charge is -2.15. The van der Waals surface area contributed by atoms with Crippen molar-refractivity contribution in [2.75, 3.05) is 18.5 Å². The Kier molecular flexibility index (Phi) is 3.90. The van der Waals surface area contributed by atoms with Crippen molar-refractivity contribution < 1.29 is 0 Å². The summed E-state index contributed by atoms with van der Waals surface area (Å²) >= 11 is 0. The molecule has 0 saturated carbocycles. The van der Waals surface area contributed by atoms with Crippen LogP contribution in [0.25, 0.3) is 0 Å². The number of hydrogen-bond donors (Lipinski definition) is 2. The van der Waals surface area contributed by atoms with E-state index in [0.717, 1.165) is 25.3 Å². The van der Waals surface area contributed by atoms with Gasteiger partial charge in [-0.1, -0.05) is 30.3 Å². The monoisotopic (exact) mass is 269 g/mol. The van der Waals surface area contributed by atoms with E-state index in [2.05, 4.69) is 50.6 Å². The second-order valence-corrected chi connectivity index (χ2v) is 5.17. The van der Waals surface area contributed by atoms with Crippen LogP contribution < -0.4 is 11.3 Å². The average molecular weight is 269 g/mol. The molecule has 1 saturated heterocycles. The molecule has 1 aromatic carbocycles. The Morgan fingerprint density at radius 1 is 1.20 bits per heavy atom. The topological polar surface area (TPSA) is 67.1 Å². The van der Waals surface area contributed by atoms with Gasteiger partial charge in [0.05, 0.1) is 18.1 Å². The standard InChI is InChI=1S/C15H19N5/c16-19-15-9-17-14(8-18-15)11-20-7-6-13(10-20)12-4-2-1-3-5-12/h1-5,8-9,13H,6-7,10-11,16H2,(H,18,19). The first-order valence-corrected chi connectivity index (χ1v) is 6.90. The number of hydrogen-bond acceptors (Lipinski definition) is 5. The van der Waals surface area contributed by atoms with Gasteiger partial charge >= 0.3 is 0 Å². The van der Waals surface area contributed by atoms with Crippen LogP contribution in [-0.2, 0) is 6.54 Å². The van der Waals surface area contributed by atoms with Crippen LogP contribution in [-0.4, -0.2) is 28.0 Å². The fourth-order valence-corrected chi connectivity index (χ4v) is 2.71. The summed E-state index contributed by atoms with van der Waals surface area (Å²) in [5.74, 6) is 6.51. The molecule has 20 heavy (non-hydrogen) atoms. The third-order valence-corrected chi connectivity index (χ3v) is 3.78. The first-order valence-electron chi connectivity index (χ1n) is 6.90. The average Bonchev–Trinajstić information content (AvgIpc) is 2.97. The van der Waals surface area contributed by atoms with Crippen LogP contribution in [0, 0.1) is 0 Å². The zero-order valence-corrected chi connectivity index (χ0v) is 11.4. The maximum absolute atomic E-state index is 5.28. The number of anilines is 1. The molecule has 5 heteroatoms. The molecule has 1 fully saturated rings. The van der Waals surface area contributed by atoms with E-state index >= 15 is 0 Å². The summed E-state index contributed by atoms with van der Waals surface area (Å²) in [6.07, 6.45) is 4.66. The predicted molar refractivity (Wildman–Crippen MR) is 78.9 cm³/mol. The highest BCUT2D eigenvalue weighted by Crippen LogP contribution is 2.27. The Labute approximate surface area is 118 Å². The van der Waals surface area contributed by atoms with Crippen LogP contribution in [0.4, 0.5) is 5.82 Å². The molecule has 1 aliphatic heterocycles. The zero-order valence-electron chi connectivity index (χ0n) is 11.4. The van der Waals surface area contributed by atoms with Gasteiger partial charge in [-0.2, -0.15) is 0 Å². The van der Waals surface area contributed by atoms with Gasteiger partial charge in [0, 0.05) is 13.1 Å². The highest BCUT2D eigenvalue weighted by molar-refractivity contribution is 5.28. The van der Waals surface area contributed by atoms with Crippen LogP contribution in [0.15, 0.2) is 42.7 Å². The molecule has 2 aromatic rings. The number of nitrogens with one attached hydrogen (secondary N) is 1. The molecule has 1 aromatic heterocycles. The lowest BCUT2D eigenvalue weighted by atomic mass is 9.99. The van der Waals surface area contributed by atoms with E-state index in [1.807, 2.05) is 0 Å². The van der Waals surface area contributed by atoms with Gasteiger partial charge in [0.1, 0.15) is 0 Å². The largest absolute Gasteiger partial charge is 0.307 e.